The van der Waals surface area contributed by atoms with Crippen LogP contribution in [0.2, 0.25) is 0 Å². The van der Waals surface area contributed by atoms with E-state index in [-0.39, 0.29) is 31.7 Å². The summed E-state index contributed by atoms with van der Waals surface area (Å²) in [4.78, 5) is -0.717. The third kappa shape index (κ3) is 5.06. The molecular weight excluding hydrogens is 304 g/mol. The van der Waals surface area contributed by atoms with E-state index >= 15 is 0 Å². The molecule has 0 spiro atoms. The van der Waals surface area contributed by atoms with Gasteiger partial charge >= 0.3 is 0 Å². The lowest BCUT2D eigenvalue weighted by Gasteiger charge is -2.09. The summed E-state index contributed by atoms with van der Waals surface area (Å²) < 4.78 is 58.0. The quantitative estimate of drug-likeness (QED) is 0.595. The van der Waals surface area contributed by atoms with Gasteiger partial charge in [0.15, 0.2) is 0 Å². The Morgan fingerprint density at radius 2 is 2.10 bits per heavy atom. The number of halogens is 2. The Kier molecular flexibility index (Phi) is 6.71. The molecule has 21 heavy (non-hydrogen) atoms. The number of benzene rings is 1. The second-order valence-corrected chi connectivity index (χ2v) is 5.63. The largest absolute Gasteiger partial charge is 0.395 e. The lowest BCUT2D eigenvalue weighted by Crippen LogP contribution is -2.28. The molecule has 0 unspecified atom stereocenters. The Hall–Kier alpha value is -1.53. The first-order valence-electron chi connectivity index (χ1n) is 5.99. The minimum absolute atomic E-state index is 0.0564. The van der Waals surface area contributed by atoms with Crippen molar-refractivity contribution in [2.75, 3.05) is 26.9 Å². The first-order chi connectivity index (χ1) is 9.92. The van der Waals surface area contributed by atoms with Crippen molar-refractivity contribution in [3.63, 3.8) is 0 Å². The van der Waals surface area contributed by atoms with Crippen LogP contribution in [0.5, 0.6) is 0 Å². The van der Waals surface area contributed by atoms with Crippen LogP contribution in [0.15, 0.2) is 17.0 Å². The maximum Gasteiger partial charge on any atom is 0.244 e. The fourth-order valence-corrected chi connectivity index (χ4v) is 2.70. The van der Waals surface area contributed by atoms with Crippen LogP contribution < -0.4 is 4.72 Å². The summed E-state index contributed by atoms with van der Waals surface area (Å²) in [5.41, 5.74) is -0.300. The van der Waals surface area contributed by atoms with Gasteiger partial charge in [-0.15, -0.1) is 0 Å². The highest BCUT2D eigenvalue weighted by Crippen LogP contribution is 2.20. The van der Waals surface area contributed by atoms with Crippen molar-refractivity contribution >= 4 is 10.0 Å². The highest BCUT2D eigenvalue weighted by molar-refractivity contribution is 7.89. The first-order valence-corrected chi connectivity index (χ1v) is 7.48. The summed E-state index contributed by atoms with van der Waals surface area (Å²) in [7, 11) is -2.80. The zero-order chi connectivity index (χ0) is 15.9. The smallest absolute Gasteiger partial charge is 0.244 e. The zero-order valence-corrected chi connectivity index (χ0v) is 12.1. The highest BCUT2D eigenvalue weighted by Gasteiger charge is 2.23. The van der Waals surface area contributed by atoms with Crippen LogP contribution in [0.4, 0.5) is 8.78 Å². The Bertz CT molecular complexity index is 650. The van der Waals surface area contributed by atoms with Gasteiger partial charge in [-0.05, 0) is 6.07 Å². The number of rotatable bonds is 6. The van der Waals surface area contributed by atoms with E-state index in [4.69, 9.17) is 9.84 Å². The molecular formula is C13H15F2NO4S. The van der Waals surface area contributed by atoms with Gasteiger partial charge in [0.25, 0.3) is 0 Å². The summed E-state index contributed by atoms with van der Waals surface area (Å²) >= 11 is 0. The number of sulfonamides is 1. The predicted octanol–water partition coefficient (Wildman–Crippen LogP) is 0.623. The van der Waals surface area contributed by atoms with Crippen molar-refractivity contribution in [3.8, 4) is 11.8 Å². The number of hydrogen-bond acceptors (Lipinski definition) is 4. The third-order valence-corrected chi connectivity index (χ3v) is 3.87. The van der Waals surface area contributed by atoms with E-state index in [1.807, 2.05) is 0 Å². The average molecular weight is 319 g/mol. The number of methoxy groups -OCH3 is 1. The molecule has 2 N–H and O–H groups in total. The van der Waals surface area contributed by atoms with Crippen LogP contribution in [-0.4, -0.2) is 40.4 Å². The van der Waals surface area contributed by atoms with E-state index in [1.165, 1.54) is 7.11 Å². The average Bonchev–Trinajstić information content (AvgIpc) is 2.38. The number of aliphatic hydroxyl groups excluding tert-OH is 1. The van der Waals surface area contributed by atoms with Crippen LogP contribution >= 0.6 is 0 Å². The molecule has 0 fully saturated rings. The van der Waals surface area contributed by atoms with Gasteiger partial charge in [0.05, 0.1) is 18.8 Å². The van der Waals surface area contributed by atoms with Gasteiger partial charge < -0.3 is 9.84 Å². The lowest BCUT2D eigenvalue weighted by atomic mass is 10.2. The fourth-order valence-electron chi connectivity index (χ4n) is 1.49. The third-order valence-electron chi connectivity index (χ3n) is 2.34. The summed E-state index contributed by atoms with van der Waals surface area (Å²) in [5.74, 6) is 2.63. The Morgan fingerprint density at radius 1 is 1.38 bits per heavy atom. The molecule has 0 saturated heterocycles. The summed E-state index contributed by atoms with van der Waals surface area (Å²) in [6.07, 6.45) is 0.0642. The maximum atomic E-state index is 13.8. The van der Waals surface area contributed by atoms with Gasteiger partial charge in [0.2, 0.25) is 10.0 Å². The van der Waals surface area contributed by atoms with E-state index in [0.717, 1.165) is 6.07 Å². The van der Waals surface area contributed by atoms with Gasteiger partial charge in [-0.3, -0.25) is 0 Å². The van der Waals surface area contributed by atoms with Crippen LogP contribution in [0, 0.1) is 23.5 Å². The van der Waals surface area contributed by atoms with Gasteiger partial charge in [-0.1, -0.05) is 11.8 Å². The van der Waals surface area contributed by atoms with Crippen molar-refractivity contribution in [3.05, 3.63) is 29.3 Å². The molecule has 0 aliphatic carbocycles. The standard InChI is InChI=1S/C13H15F2NO4S/c1-20-7-5-16-21(18,19)13-10(4-2-3-6-17)8-11(14)9-12(13)15/h8-9,16-17H,3,5-7H2,1H3. The topological polar surface area (TPSA) is 75.6 Å². The van der Waals surface area contributed by atoms with Crippen molar-refractivity contribution in [2.24, 2.45) is 0 Å². The van der Waals surface area contributed by atoms with Crippen LogP contribution in [0.1, 0.15) is 12.0 Å². The molecule has 5 nitrogen and oxygen atoms in total. The van der Waals surface area contributed by atoms with Crippen molar-refractivity contribution < 1.29 is 27.0 Å². The van der Waals surface area contributed by atoms with Crippen molar-refractivity contribution in [1.29, 1.82) is 0 Å². The molecule has 1 aromatic rings. The SMILES string of the molecule is COCCNS(=O)(=O)c1c(F)cc(F)cc1C#CCCO. The fraction of sp³-hybridized carbons (Fsp3) is 0.385. The Labute approximate surface area is 122 Å². The highest BCUT2D eigenvalue weighted by atomic mass is 32.2. The van der Waals surface area contributed by atoms with Gasteiger partial charge in [0.1, 0.15) is 16.5 Å². The van der Waals surface area contributed by atoms with Gasteiger partial charge in [-0.2, -0.15) is 0 Å². The zero-order valence-electron chi connectivity index (χ0n) is 11.3. The van der Waals surface area contributed by atoms with Crippen molar-refractivity contribution in [1.82, 2.24) is 4.72 Å². The molecule has 0 saturated carbocycles. The summed E-state index contributed by atoms with van der Waals surface area (Å²) in [6, 6.07) is 1.31. The first kappa shape index (κ1) is 17.5. The lowest BCUT2D eigenvalue weighted by molar-refractivity contribution is 0.204. The second-order valence-electron chi connectivity index (χ2n) is 3.93. The molecule has 0 aliphatic rings. The van der Waals surface area contributed by atoms with Gasteiger partial charge in [0, 0.05) is 26.1 Å². The Morgan fingerprint density at radius 3 is 2.71 bits per heavy atom. The molecule has 0 atom stereocenters. The Balaban J connectivity index is 3.24. The number of aliphatic hydroxyl groups is 1. The molecule has 0 aliphatic heterocycles. The van der Waals surface area contributed by atoms with E-state index < -0.39 is 26.6 Å². The van der Waals surface area contributed by atoms with Crippen LogP contribution in [0.25, 0.3) is 0 Å². The molecule has 8 heteroatoms. The number of nitrogens with one attached hydrogen (secondary N) is 1. The van der Waals surface area contributed by atoms with E-state index in [0.29, 0.717) is 6.07 Å². The minimum atomic E-state index is -4.18. The molecule has 0 amide bonds. The monoisotopic (exact) mass is 319 g/mol. The molecule has 0 aromatic heterocycles. The van der Waals surface area contributed by atoms with Crippen LogP contribution in [-0.2, 0) is 14.8 Å². The summed E-state index contributed by atoms with van der Waals surface area (Å²) in [5, 5.41) is 8.63. The molecule has 0 heterocycles. The van der Waals surface area contributed by atoms with E-state index in [9.17, 15) is 17.2 Å². The molecule has 116 valence electrons. The molecule has 0 bridgehead atoms. The maximum absolute atomic E-state index is 13.8. The minimum Gasteiger partial charge on any atom is -0.395 e. The predicted molar refractivity (Wildman–Crippen MR) is 72.0 cm³/mol. The number of ether oxygens (including phenoxy) is 1. The van der Waals surface area contributed by atoms with Crippen molar-refractivity contribution in [2.45, 2.75) is 11.3 Å². The summed E-state index contributed by atoms with van der Waals surface area (Å²) in [6.45, 7) is -0.189. The molecule has 1 aromatic carbocycles. The van der Waals surface area contributed by atoms with E-state index in [1.54, 1.807) is 0 Å². The van der Waals surface area contributed by atoms with Gasteiger partial charge in [-0.25, -0.2) is 21.9 Å². The number of hydrogen-bond donors (Lipinski definition) is 2. The second kappa shape index (κ2) is 8.05. The van der Waals surface area contributed by atoms with E-state index in [2.05, 4.69) is 16.6 Å². The molecule has 0 radical (unpaired) electrons. The van der Waals surface area contributed by atoms with Crippen LogP contribution in [0.3, 0.4) is 0 Å². The molecule has 1 rings (SSSR count). The normalized spacial score (nSPS) is 11.0.